The van der Waals surface area contributed by atoms with Gasteiger partial charge >= 0.3 is 0 Å². The molecular formula is C21H17FN6O. The number of aryl methyl sites for hydroxylation is 1. The van der Waals surface area contributed by atoms with Crippen LogP contribution in [-0.4, -0.2) is 25.4 Å². The maximum atomic E-state index is 13.7. The number of hydrogen-bond acceptors (Lipinski definition) is 5. The number of rotatable bonds is 5. The van der Waals surface area contributed by atoms with Gasteiger partial charge < -0.3 is 10.6 Å². The number of nitrogens with one attached hydrogen (secondary N) is 2. The number of benzene rings is 2. The van der Waals surface area contributed by atoms with Gasteiger partial charge in [-0.25, -0.2) is 19.3 Å². The first-order valence-corrected chi connectivity index (χ1v) is 8.85. The highest BCUT2D eigenvalue weighted by Gasteiger charge is 2.11. The van der Waals surface area contributed by atoms with Gasteiger partial charge in [0.15, 0.2) is 0 Å². The molecule has 1 amide bonds. The third-order valence-corrected chi connectivity index (χ3v) is 4.26. The average Bonchev–Trinajstić information content (AvgIpc) is 3.16. The Hall–Kier alpha value is -4.07. The largest absolute Gasteiger partial charge is 0.340 e. The van der Waals surface area contributed by atoms with E-state index in [0.29, 0.717) is 17.3 Å². The molecule has 144 valence electrons. The Morgan fingerprint density at radius 1 is 1.00 bits per heavy atom. The van der Waals surface area contributed by atoms with Crippen molar-refractivity contribution in [3.8, 4) is 5.82 Å². The van der Waals surface area contributed by atoms with Crippen LogP contribution in [0, 0.1) is 12.7 Å². The molecule has 29 heavy (non-hydrogen) atoms. The summed E-state index contributed by atoms with van der Waals surface area (Å²) in [5.41, 5.74) is 1.33. The van der Waals surface area contributed by atoms with Gasteiger partial charge in [0.05, 0.1) is 5.56 Å². The number of carbonyl (C=O) groups is 1. The molecule has 2 heterocycles. The Bertz CT molecular complexity index is 1160. The van der Waals surface area contributed by atoms with Crippen LogP contribution in [0.4, 0.5) is 21.6 Å². The number of amides is 1. The Morgan fingerprint density at radius 2 is 1.76 bits per heavy atom. The van der Waals surface area contributed by atoms with Crippen molar-refractivity contribution in [1.29, 1.82) is 0 Å². The average molecular weight is 388 g/mol. The van der Waals surface area contributed by atoms with Gasteiger partial charge in [0, 0.05) is 29.8 Å². The lowest BCUT2D eigenvalue weighted by Gasteiger charge is -2.10. The van der Waals surface area contributed by atoms with Gasteiger partial charge in [0.25, 0.3) is 5.91 Å². The van der Waals surface area contributed by atoms with Crippen LogP contribution >= 0.6 is 0 Å². The van der Waals surface area contributed by atoms with E-state index in [4.69, 9.17) is 0 Å². The molecule has 4 aromatic rings. The van der Waals surface area contributed by atoms with Crippen molar-refractivity contribution in [1.82, 2.24) is 19.5 Å². The summed E-state index contributed by atoms with van der Waals surface area (Å²) in [6.45, 7) is 1.89. The van der Waals surface area contributed by atoms with Crippen LogP contribution in [0.2, 0.25) is 0 Å². The summed E-state index contributed by atoms with van der Waals surface area (Å²) in [6.07, 6.45) is 5.01. The molecule has 0 aliphatic heterocycles. The zero-order chi connectivity index (χ0) is 20.2. The summed E-state index contributed by atoms with van der Waals surface area (Å²) in [6, 6.07) is 14.7. The summed E-state index contributed by atoms with van der Waals surface area (Å²) in [5, 5.41) is 5.87. The van der Waals surface area contributed by atoms with E-state index in [1.54, 1.807) is 42.6 Å². The van der Waals surface area contributed by atoms with Crippen LogP contribution in [0.3, 0.4) is 0 Å². The number of imidazole rings is 1. The highest BCUT2D eigenvalue weighted by atomic mass is 19.1. The van der Waals surface area contributed by atoms with Gasteiger partial charge in [0.1, 0.15) is 29.6 Å². The van der Waals surface area contributed by atoms with Crippen LogP contribution in [0.25, 0.3) is 5.82 Å². The SMILES string of the molecule is Cc1nccn1-c1cc(Nc2ccc(NC(=O)c3ccccc3F)cc2)ncn1. The molecule has 4 rings (SSSR count). The molecule has 2 aromatic heterocycles. The van der Waals surface area contributed by atoms with Crippen LogP contribution in [0.5, 0.6) is 0 Å². The second kappa shape index (κ2) is 7.89. The Balaban J connectivity index is 1.46. The van der Waals surface area contributed by atoms with Crippen molar-refractivity contribution in [2.75, 3.05) is 10.6 Å². The molecule has 2 aromatic carbocycles. The molecule has 0 aliphatic carbocycles. The van der Waals surface area contributed by atoms with E-state index in [2.05, 4.69) is 25.6 Å². The highest BCUT2D eigenvalue weighted by Crippen LogP contribution is 2.20. The van der Waals surface area contributed by atoms with Crippen molar-refractivity contribution < 1.29 is 9.18 Å². The fourth-order valence-corrected chi connectivity index (χ4v) is 2.80. The zero-order valence-corrected chi connectivity index (χ0v) is 15.5. The number of nitrogens with zero attached hydrogens (tertiary/aromatic N) is 4. The molecule has 0 radical (unpaired) electrons. The molecule has 0 aliphatic rings. The fourth-order valence-electron chi connectivity index (χ4n) is 2.80. The Labute approximate surface area is 166 Å². The molecule has 0 bridgehead atoms. The highest BCUT2D eigenvalue weighted by molar-refractivity contribution is 6.04. The lowest BCUT2D eigenvalue weighted by atomic mass is 10.2. The third-order valence-electron chi connectivity index (χ3n) is 4.26. The molecule has 0 fully saturated rings. The normalized spacial score (nSPS) is 10.6. The molecular weight excluding hydrogens is 371 g/mol. The summed E-state index contributed by atoms with van der Waals surface area (Å²) >= 11 is 0. The number of hydrogen-bond donors (Lipinski definition) is 2. The molecule has 8 heteroatoms. The predicted octanol–water partition coefficient (Wildman–Crippen LogP) is 4.11. The topological polar surface area (TPSA) is 84.7 Å². The third kappa shape index (κ3) is 4.11. The minimum absolute atomic E-state index is 0.00184. The lowest BCUT2D eigenvalue weighted by molar-refractivity contribution is 0.102. The predicted molar refractivity (Wildman–Crippen MR) is 108 cm³/mol. The number of aromatic nitrogens is 4. The molecule has 0 saturated carbocycles. The monoisotopic (exact) mass is 388 g/mol. The zero-order valence-electron chi connectivity index (χ0n) is 15.5. The summed E-state index contributed by atoms with van der Waals surface area (Å²) in [5.74, 6) is 1.08. The van der Waals surface area contributed by atoms with Crippen molar-refractivity contribution in [3.05, 3.63) is 90.5 Å². The van der Waals surface area contributed by atoms with Crippen molar-refractivity contribution in [3.63, 3.8) is 0 Å². The quantitative estimate of drug-likeness (QED) is 0.538. The summed E-state index contributed by atoms with van der Waals surface area (Å²) < 4.78 is 15.6. The minimum atomic E-state index is -0.559. The maximum absolute atomic E-state index is 13.7. The van der Waals surface area contributed by atoms with E-state index in [1.807, 2.05) is 23.8 Å². The van der Waals surface area contributed by atoms with Gasteiger partial charge in [-0.1, -0.05) is 12.1 Å². The van der Waals surface area contributed by atoms with E-state index in [0.717, 1.165) is 11.5 Å². The second-order valence-electron chi connectivity index (χ2n) is 6.24. The summed E-state index contributed by atoms with van der Waals surface area (Å²) in [4.78, 5) is 24.9. The van der Waals surface area contributed by atoms with Crippen molar-refractivity contribution in [2.24, 2.45) is 0 Å². The number of halogens is 1. The van der Waals surface area contributed by atoms with Crippen molar-refractivity contribution in [2.45, 2.75) is 6.92 Å². The van der Waals surface area contributed by atoms with Gasteiger partial charge in [0.2, 0.25) is 0 Å². The molecule has 0 atom stereocenters. The summed E-state index contributed by atoms with van der Waals surface area (Å²) in [7, 11) is 0. The van der Waals surface area contributed by atoms with Gasteiger partial charge in [-0.15, -0.1) is 0 Å². The van der Waals surface area contributed by atoms with E-state index < -0.39 is 11.7 Å². The molecule has 0 saturated heterocycles. The minimum Gasteiger partial charge on any atom is -0.340 e. The van der Waals surface area contributed by atoms with Crippen molar-refractivity contribution >= 4 is 23.1 Å². The van der Waals surface area contributed by atoms with Gasteiger partial charge in [-0.3, -0.25) is 9.36 Å². The molecule has 0 spiro atoms. The molecule has 0 unspecified atom stereocenters. The second-order valence-corrected chi connectivity index (χ2v) is 6.24. The van der Waals surface area contributed by atoms with Crippen LogP contribution in [0.1, 0.15) is 16.2 Å². The first-order valence-electron chi connectivity index (χ1n) is 8.85. The van der Waals surface area contributed by atoms with Gasteiger partial charge in [-0.2, -0.15) is 0 Å². The van der Waals surface area contributed by atoms with E-state index in [9.17, 15) is 9.18 Å². The number of carbonyl (C=O) groups excluding carboxylic acids is 1. The lowest BCUT2D eigenvalue weighted by Crippen LogP contribution is -2.13. The van der Waals surface area contributed by atoms with E-state index >= 15 is 0 Å². The molecule has 7 nitrogen and oxygen atoms in total. The first kappa shape index (κ1) is 18.3. The smallest absolute Gasteiger partial charge is 0.258 e. The standard InChI is InChI=1S/C21H17FN6O/c1-14-23-10-11-28(14)20-12-19(24-13-25-20)26-15-6-8-16(9-7-15)27-21(29)17-4-2-3-5-18(17)22/h2-13H,1H3,(H,27,29)(H,24,25,26). The van der Waals surface area contributed by atoms with Crippen LogP contribution in [0.15, 0.2) is 73.3 Å². The maximum Gasteiger partial charge on any atom is 0.258 e. The van der Waals surface area contributed by atoms with E-state index in [1.165, 1.54) is 18.5 Å². The van der Waals surface area contributed by atoms with Crippen LogP contribution < -0.4 is 10.6 Å². The first-order chi connectivity index (χ1) is 14.1. The van der Waals surface area contributed by atoms with E-state index in [-0.39, 0.29) is 5.56 Å². The fraction of sp³-hybridized carbons (Fsp3) is 0.0476. The van der Waals surface area contributed by atoms with Crippen LogP contribution in [-0.2, 0) is 0 Å². The van der Waals surface area contributed by atoms with Gasteiger partial charge in [-0.05, 0) is 43.3 Å². The Kier molecular flexibility index (Phi) is 4.98. The molecule has 2 N–H and O–H groups in total. The number of anilines is 3. The Morgan fingerprint density at radius 3 is 2.48 bits per heavy atom.